The standard InChI is InChI=1S/C11H12ClN3S/c1-2-16-8-5-3-7(4-6-8)9-10(12)15-11(13)14-9/h3-6H,2H2,1H3,(H3,13,14,15). The van der Waals surface area contributed by atoms with Gasteiger partial charge in [0.1, 0.15) is 10.8 Å². The first-order chi connectivity index (χ1) is 7.70. The molecule has 0 radical (unpaired) electrons. The number of rotatable bonds is 3. The van der Waals surface area contributed by atoms with Gasteiger partial charge in [-0.3, -0.25) is 0 Å². The maximum Gasteiger partial charge on any atom is 0.199 e. The molecule has 5 heteroatoms. The van der Waals surface area contributed by atoms with Gasteiger partial charge >= 0.3 is 0 Å². The number of imidazole rings is 1. The van der Waals surface area contributed by atoms with Crippen molar-refractivity contribution in [2.45, 2.75) is 11.8 Å². The molecule has 2 aromatic rings. The number of benzene rings is 1. The zero-order valence-corrected chi connectivity index (χ0v) is 10.4. The number of aromatic nitrogens is 2. The summed E-state index contributed by atoms with van der Waals surface area (Å²) in [6.07, 6.45) is 0. The van der Waals surface area contributed by atoms with Crippen molar-refractivity contribution in [3.05, 3.63) is 29.4 Å². The van der Waals surface area contributed by atoms with E-state index in [0.717, 1.165) is 11.3 Å². The van der Waals surface area contributed by atoms with Crippen molar-refractivity contribution in [2.24, 2.45) is 0 Å². The number of halogens is 1. The Morgan fingerprint density at radius 3 is 2.56 bits per heavy atom. The SMILES string of the molecule is CCSc1ccc(-c2nc(N)[nH]c2Cl)cc1. The lowest BCUT2D eigenvalue weighted by molar-refractivity contribution is 1.32. The Morgan fingerprint density at radius 1 is 1.38 bits per heavy atom. The maximum atomic E-state index is 5.98. The maximum absolute atomic E-state index is 5.98. The van der Waals surface area contributed by atoms with Gasteiger partial charge in [-0.25, -0.2) is 4.98 Å². The van der Waals surface area contributed by atoms with E-state index in [1.165, 1.54) is 4.90 Å². The molecule has 0 amide bonds. The first-order valence-electron chi connectivity index (χ1n) is 4.95. The van der Waals surface area contributed by atoms with Crippen molar-refractivity contribution in [1.29, 1.82) is 0 Å². The number of hydrogen-bond acceptors (Lipinski definition) is 3. The largest absolute Gasteiger partial charge is 0.369 e. The number of H-pyrrole nitrogens is 1. The van der Waals surface area contributed by atoms with Gasteiger partial charge in [-0.2, -0.15) is 0 Å². The third-order valence-electron chi connectivity index (χ3n) is 2.12. The second-order valence-electron chi connectivity index (χ2n) is 3.24. The Labute approximate surface area is 103 Å². The number of nitrogen functional groups attached to an aromatic ring is 1. The molecule has 1 aromatic heterocycles. The van der Waals surface area contributed by atoms with Crippen molar-refractivity contribution in [3.63, 3.8) is 0 Å². The van der Waals surface area contributed by atoms with Gasteiger partial charge in [-0.15, -0.1) is 11.8 Å². The van der Waals surface area contributed by atoms with E-state index in [-0.39, 0.29) is 0 Å². The van der Waals surface area contributed by atoms with Crippen LogP contribution in [0.4, 0.5) is 5.95 Å². The van der Waals surface area contributed by atoms with Gasteiger partial charge in [0.2, 0.25) is 0 Å². The highest BCUT2D eigenvalue weighted by atomic mass is 35.5. The average Bonchev–Trinajstić information content (AvgIpc) is 2.59. The minimum atomic E-state index is 0.340. The predicted molar refractivity (Wildman–Crippen MR) is 69.8 cm³/mol. The molecular formula is C11H12ClN3S. The van der Waals surface area contributed by atoms with Crippen LogP contribution in [0.5, 0.6) is 0 Å². The minimum absolute atomic E-state index is 0.340. The summed E-state index contributed by atoms with van der Waals surface area (Å²) in [5.74, 6) is 1.40. The molecule has 0 bridgehead atoms. The second-order valence-corrected chi connectivity index (χ2v) is 4.96. The lowest BCUT2D eigenvalue weighted by Gasteiger charge is -2.00. The highest BCUT2D eigenvalue weighted by Crippen LogP contribution is 2.28. The highest BCUT2D eigenvalue weighted by Gasteiger charge is 2.08. The molecule has 0 unspecified atom stereocenters. The van der Waals surface area contributed by atoms with Gasteiger partial charge in [0, 0.05) is 10.5 Å². The van der Waals surface area contributed by atoms with E-state index in [2.05, 4.69) is 29.0 Å². The molecule has 2 rings (SSSR count). The Balaban J connectivity index is 2.31. The predicted octanol–water partition coefficient (Wildman–Crippen LogP) is 3.42. The number of nitrogens with two attached hydrogens (primary N) is 1. The van der Waals surface area contributed by atoms with Crippen LogP contribution in [0.2, 0.25) is 5.15 Å². The summed E-state index contributed by atoms with van der Waals surface area (Å²) in [6.45, 7) is 2.13. The molecule has 0 aliphatic rings. The molecule has 0 spiro atoms. The normalized spacial score (nSPS) is 10.6. The van der Waals surface area contributed by atoms with Crippen LogP contribution < -0.4 is 5.73 Å². The lowest BCUT2D eigenvalue weighted by Crippen LogP contribution is -1.85. The zero-order valence-electron chi connectivity index (χ0n) is 8.83. The minimum Gasteiger partial charge on any atom is -0.369 e. The Hall–Kier alpha value is -1.13. The molecule has 1 heterocycles. The van der Waals surface area contributed by atoms with Crippen molar-refractivity contribution in [3.8, 4) is 11.3 Å². The second kappa shape index (κ2) is 4.80. The quantitative estimate of drug-likeness (QED) is 0.824. The Kier molecular flexibility index (Phi) is 3.41. The number of aromatic amines is 1. The number of thioether (sulfide) groups is 1. The van der Waals surface area contributed by atoms with Crippen molar-refractivity contribution >= 4 is 29.3 Å². The third kappa shape index (κ3) is 2.33. The molecule has 16 heavy (non-hydrogen) atoms. The van der Waals surface area contributed by atoms with Gasteiger partial charge in [-0.05, 0) is 17.9 Å². The van der Waals surface area contributed by atoms with E-state index in [1.807, 2.05) is 12.1 Å². The van der Waals surface area contributed by atoms with E-state index >= 15 is 0 Å². The number of hydrogen-bond donors (Lipinski definition) is 2. The Bertz CT molecular complexity index is 478. The molecule has 0 atom stereocenters. The van der Waals surface area contributed by atoms with Crippen LogP contribution in [-0.2, 0) is 0 Å². The van der Waals surface area contributed by atoms with E-state index in [9.17, 15) is 0 Å². The molecule has 0 fully saturated rings. The van der Waals surface area contributed by atoms with Gasteiger partial charge < -0.3 is 10.7 Å². The van der Waals surface area contributed by atoms with Crippen LogP contribution in [0.15, 0.2) is 29.2 Å². The summed E-state index contributed by atoms with van der Waals surface area (Å²) >= 11 is 7.78. The van der Waals surface area contributed by atoms with E-state index in [1.54, 1.807) is 11.8 Å². The van der Waals surface area contributed by atoms with Crippen LogP contribution in [0.3, 0.4) is 0 Å². The van der Waals surface area contributed by atoms with Crippen molar-refractivity contribution < 1.29 is 0 Å². The molecule has 3 N–H and O–H groups in total. The first kappa shape index (κ1) is 11.4. The fourth-order valence-corrected chi connectivity index (χ4v) is 2.35. The summed E-state index contributed by atoms with van der Waals surface area (Å²) in [5, 5.41) is 0.480. The van der Waals surface area contributed by atoms with Gasteiger partial charge in [0.15, 0.2) is 5.95 Å². The molecule has 0 saturated carbocycles. The van der Waals surface area contributed by atoms with Crippen LogP contribution in [0.1, 0.15) is 6.92 Å². The topological polar surface area (TPSA) is 54.7 Å². The van der Waals surface area contributed by atoms with Gasteiger partial charge in [-0.1, -0.05) is 30.7 Å². The molecule has 1 aromatic carbocycles. The van der Waals surface area contributed by atoms with E-state index < -0.39 is 0 Å². The third-order valence-corrected chi connectivity index (χ3v) is 3.28. The smallest absolute Gasteiger partial charge is 0.199 e. The first-order valence-corrected chi connectivity index (χ1v) is 6.31. The molecular weight excluding hydrogens is 242 g/mol. The summed E-state index contributed by atoms with van der Waals surface area (Å²) in [6, 6.07) is 8.12. The highest BCUT2D eigenvalue weighted by molar-refractivity contribution is 7.99. The van der Waals surface area contributed by atoms with Gasteiger partial charge in [0.05, 0.1) is 0 Å². The van der Waals surface area contributed by atoms with E-state index in [0.29, 0.717) is 16.8 Å². The Morgan fingerprint density at radius 2 is 2.06 bits per heavy atom. The van der Waals surface area contributed by atoms with Crippen molar-refractivity contribution in [1.82, 2.24) is 9.97 Å². The zero-order chi connectivity index (χ0) is 11.5. The van der Waals surface area contributed by atoms with Crippen LogP contribution in [-0.4, -0.2) is 15.7 Å². The van der Waals surface area contributed by atoms with E-state index in [4.69, 9.17) is 17.3 Å². The summed E-state index contributed by atoms with van der Waals surface area (Å²) in [5.41, 5.74) is 7.21. The van der Waals surface area contributed by atoms with Crippen LogP contribution in [0, 0.1) is 0 Å². The van der Waals surface area contributed by atoms with Crippen molar-refractivity contribution in [2.75, 3.05) is 11.5 Å². The van der Waals surface area contributed by atoms with Gasteiger partial charge in [0.25, 0.3) is 0 Å². The monoisotopic (exact) mass is 253 g/mol. The molecule has 0 aliphatic carbocycles. The van der Waals surface area contributed by atoms with Crippen LogP contribution >= 0.6 is 23.4 Å². The molecule has 0 saturated heterocycles. The average molecular weight is 254 g/mol. The molecule has 84 valence electrons. The number of anilines is 1. The molecule has 0 aliphatic heterocycles. The number of nitrogens with zero attached hydrogens (tertiary/aromatic N) is 1. The lowest BCUT2D eigenvalue weighted by atomic mass is 10.2. The fourth-order valence-electron chi connectivity index (χ4n) is 1.44. The van der Waals surface area contributed by atoms with Crippen LogP contribution in [0.25, 0.3) is 11.3 Å². The summed E-state index contributed by atoms with van der Waals surface area (Å²) in [4.78, 5) is 8.15. The summed E-state index contributed by atoms with van der Waals surface area (Å²) in [7, 11) is 0. The molecule has 3 nitrogen and oxygen atoms in total. The fraction of sp³-hybridized carbons (Fsp3) is 0.182. The number of nitrogens with one attached hydrogen (secondary N) is 1. The summed E-state index contributed by atoms with van der Waals surface area (Å²) < 4.78 is 0.